The number of rotatable bonds is 5. The van der Waals surface area contributed by atoms with Crippen LogP contribution in [-0.4, -0.2) is 61.3 Å². The number of hydrogen-bond donors (Lipinski definition) is 2. The predicted octanol–water partition coefficient (Wildman–Crippen LogP) is 2.12. The van der Waals surface area contributed by atoms with E-state index in [0.717, 1.165) is 22.1 Å². The summed E-state index contributed by atoms with van der Waals surface area (Å²) in [6.45, 7) is 2.42. The standard InChI is InChI=1S/C22H26ClN5O2/c1-24-22(27(2)14-17-5-9-19(23)10-6-17)26-13-16-3-7-18(8-4-16)21(30)28-12-11-25-20(29)15-28/h3-10H,11-15H2,1-2H3,(H,24,26)(H,25,29). The van der Waals surface area contributed by atoms with Crippen molar-refractivity contribution in [2.75, 3.05) is 33.7 Å². The third-order valence-electron chi connectivity index (χ3n) is 4.88. The number of benzene rings is 2. The lowest BCUT2D eigenvalue weighted by molar-refractivity contribution is -0.123. The Kier molecular flexibility index (Phi) is 7.30. The molecule has 0 aromatic heterocycles. The average molecular weight is 428 g/mol. The van der Waals surface area contributed by atoms with E-state index in [1.807, 2.05) is 48.3 Å². The molecular weight excluding hydrogens is 402 g/mol. The fourth-order valence-electron chi connectivity index (χ4n) is 3.26. The fourth-order valence-corrected chi connectivity index (χ4v) is 3.39. The molecule has 1 heterocycles. The maximum Gasteiger partial charge on any atom is 0.254 e. The highest BCUT2D eigenvalue weighted by Gasteiger charge is 2.22. The van der Waals surface area contributed by atoms with E-state index < -0.39 is 0 Å². The number of carbonyl (C=O) groups excluding carboxylic acids is 2. The largest absolute Gasteiger partial charge is 0.353 e. The van der Waals surface area contributed by atoms with Crippen LogP contribution in [0.1, 0.15) is 21.5 Å². The van der Waals surface area contributed by atoms with Gasteiger partial charge in [-0.15, -0.1) is 0 Å². The van der Waals surface area contributed by atoms with Gasteiger partial charge in [-0.2, -0.15) is 0 Å². The molecule has 1 fully saturated rings. The van der Waals surface area contributed by atoms with Crippen molar-refractivity contribution >= 4 is 29.4 Å². The van der Waals surface area contributed by atoms with Gasteiger partial charge in [0, 0.05) is 50.9 Å². The molecule has 2 aromatic carbocycles. The van der Waals surface area contributed by atoms with Gasteiger partial charge < -0.3 is 20.4 Å². The van der Waals surface area contributed by atoms with Crippen molar-refractivity contribution in [2.45, 2.75) is 13.1 Å². The number of amides is 2. The summed E-state index contributed by atoms with van der Waals surface area (Å²) in [5, 5.41) is 6.78. The van der Waals surface area contributed by atoms with Crippen LogP contribution < -0.4 is 10.6 Å². The Hall–Kier alpha value is -3.06. The second kappa shape index (κ2) is 10.1. The molecule has 0 spiro atoms. The fraction of sp³-hybridized carbons (Fsp3) is 0.318. The number of carbonyl (C=O) groups is 2. The Labute approximate surface area is 181 Å². The quantitative estimate of drug-likeness (QED) is 0.566. The maximum atomic E-state index is 12.5. The minimum absolute atomic E-state index is 0.110. The number of nitrogens with zero attached hydrogens (tertiary/aromatic N) is 3. The molecule has 2 amide bonds. The summed E-state index contributed by atoms with van der Waals surface area (Å²) in [5.74, 6) is 0.525. The molecule has 2 N–H and O–H groups in total. The minimum Gasteiger partial charge on any atom is -0.353 e. The van der Waals surface area contributed by atoms with E-state index in [4.69, 9.17) is 11.6 Å². The second-order valence-electron chi connectivity index (χ2n) is 7.16. The molecule has 30 heavy (non-hydrogen) atoms. The first-order valence-corrected chi connectivity index (χ1v) is 10.1. The SMILES string of the molecule is CN=C(NCc1ccc(C(=O)N2CCNC(=O)C2)cc1)N(C)Cc1ccc(Cl)cc1. The first-order chi connectivity index (χ1) is 14.5. The molecule has 3 rings (SSSR count). The topological polar surface area (TPSA) is 77.0 Å². The normalized spacial score (nSPS) is 14.3. The number of hydrogen-bond acceptors (Lipinski definition) is 3. The van der Waals surface area contributed by atoms with Gasteiger partial charge in [0.1, 0.15) is 0 Å². The Morgan fingerprint density at radius 3 is 2.47 bits per heavy atom. The third-order valence-corrected chi connectivity index (χ3v) is 5.14. The number of halogens is 1. The summed E-state index contributed by atoms with van der Waals surface area (Å²) in [4.78, 5) is 32.0. The zero-order valence-electron chi connectivity index (χ0n) is 17.2. The van der Waals surface area contributed by atoms with Crippen molar-refractivity contribution in [1.29, 1.82) is 0 Å². The van der Waals surface area contributed by atoms with Gasteiger partial charge in [-0.3, -0.25) is 14.6 Å². The van der Waals surface area contributed by atoms with Crippen LogP contribution in [0.25, 0.3) is 0 Å². The zero-order chi connectivity index (χ0) is 21.5. The molecule has 1 aliphatic rings. The molecular formula is C22H26ClN5O2. The van der Waals surface area contributed by atoms with Crippen molar-refractivity contribution in [1.82, 2.24) is 20.4 Å². The molecule has 0 bridgehead atoms. The molecule has 0 saturated carbocycles. The monoisotopic (exact) mass is 427 g/mol. The smallest absolute Gasteiger partial charge is 0.254 e. The van der Waals surface area contributed by atoms with Gasteiger partial charge in [0.2, 0.25) is 5.91 Å². The van der Waals surface area contributed by atoms with Crippen LogP contribution in [0.5, 0.6) is 0 Å². The molecule has 0 aliphatic carbocycles. The number of piperazine rings is 1. The van der Waals surface area contributed by atoms with Gasteiger partial charge in [-0.05, 0) is 35.4 Å². The average Bonchev–Trinajstić information content (AvgIpc) is 2.76. The van der Waals surface area contributed by atoms with E-state index in [9.17, 15) is 9.59 Å². The van der Waals surface area contributed by atoms with E-state index in [1.54, 1.807) is 24.1 Å². The zero-order valence-corrected chi connectivity index (χ0v) is 17.9. The predicted molar refractivity (Wildman–Crippen MR) is 118 cm³/mol. The molecule has 1 saturated heterocycles. The summed E-state index contributed by atoms with van der Waals surface area (Å²) in [5.41, 5.74) is 2.75. The van der Waals surface area contributed by atoms with Crippen molar-refractivity contribution in [3.8, 4) is 0 Å². The highest BCUT2D eigenvalue weighted by Crippen LogP contribution is 2.12. The van der Waals surface area contributed by atoms with Gasteiger partial charge in [0.15, 0.2) is 5.96 Å². The minimum atomic E-state index is -0.122. The summed E-state index contributed by atoms with van der Waals surface area (Å²) in [6, 6.07) is 15.2. The Morgan fingerprint density at radius 1 is 1.17 bits per heavy atom. The van der Waals surface area contributed by atoms with E-state index in [-0.39, 0.29) is 18.4 Å². The third kappa shape index (κ3) is 5.73. The lowest BCUT2D eigenvalue weighted by Crippen LogP contribution is -2.49. The van der Waals surface area contributed by atoms with E-state index in [0.29, 0.717) is 31.7 Å². The molecule has 7 nitrogen and oxygen atoms in total. The summed E-state index contributed by atoms with van der Waals surface area (Å²) >= 11 is 5.95. The van der Waals surface area contributed by atoms with Gasteiger partial charge >= 0.3 is 0 Å². The molecule has 1 aliphatic heterocycles. The van der Waals surface area contributed by atoms with Crippen LogP contribution in [0.4, 0.5) is 0 Å². The van der Waals surface area contributed by atoms with Gasteiger partial charge in [-0.25, -0.2) is 0 Å². The van der Waals surface area contributed by atoms with Crippen molar-refractivity contribution in [2.24, 2.45) is 4.99 Å². The van der Waals surface area contributed by atoms with Crippen LogP contribution in [0.15, 0.2) is 53.5 Å². The van der Waals surface area contributed by atoms with Crippen LogP contribution in [0.2, 0.25) is 5.02 Å². The second-order valence-corrected chi connectivity index (χ2v) is 7.59. The summed E-state index contributed by atoms with van der Waals surface area (Å²) < 4.78 is 0. The van der Waals surface area contributed by atoms with E-state index >= 15 is 0 Å². The summed E-state index contributed by atoms with van der Waals surface area (Å²) in [6.07, 6.45) is 0. The number of guanidine groups is 1. The van der Waals surface area contributed by atoms with Crippen LogP contribution in [0, 0.1) is 0 Å². The summed E-state index contributed by atoms with van der Waals surface area (Å²) in [7, 11) is 3.72. The highest BCUT2D eigenvalue weighted by molar-refractivity contribution is 6.30. The maximum absolute atomic E-state index is 12.5. The van der Waals surface area contributed by atoms with Crippen molar-refractivity contribution < 1.29 is 9.59 Å². The number of aliphatic imine (C=N–C) groups is 1. The lowest BCUT2D eigenvalue weighted by atomic mass is 10.1. The lowest BCUT2D eigenvalue weighted by Gasteiger charge is -2.26. The molecule has 2 aromatic rings. The molecule has 0 unspecified atom stereocenters. The van der Waals surface area contributed by atoms with E-state index in [1.165, 1.54) is 0 Å². The molecule has 0 radical (unpaired) electrons. The van der Waals surface area contributed by atoms with Gasteiger partial charge in [0.25, 0.3) is 5.91 Å². The molecule has 8 heteroatoms. The molecule has 0 atom stereocenters. The van der Waals surface area contributed by atoms with Crippen LogP contribution in [0.3, 0.4) is 0 Å². The van der Waals surface area contributed by atoms with Gasteiger partial charge in [-0.1, -0.05) is 35.9 Å². The highest BCUT2D eigenvalue weighted by atomic mass is 35.5. The van der Waals surface area contributed by atoms with Crippen LogP contribution in [-0.2, 0) is 17.9 Å². The first-order valence-electron chi connectivity index (χ1n) is 9.77. The van der Waals surface area contributed by atoms with Crippen molar-refractivity contribution in [3.05, 3.63) is 70.2 Å². The van der Waals surface area contributed by atoms with Crippen LogP contribution >= 0.6 is 11.6 Å². The van der Waals surface area contributed by atoms with Gasteiger partial charge in [0.05, 0.1) is 6.54 Å². The first kappa shape index (κ1) is 21.6. The Balaban J connectivity index is 1.54. The Bertz CT molecular complexity index is 912. The van der Waals surface area contributed by atoms with E-state index in [2.05, 4.69) is 15.6 Å². The van der Waals surface area contributed by atoms with Crippen molar-refractivity contribution in [3.63, 3.8) is 0 Å². The molecule has 158 valence electrons. The Morgan fingerprint density at radius 2 is 1.83 bits per heavy atom. The number of nitrogens with one attached hydrogen (secondary N) is 2.